The number of alkyl halides is 4. The molecule has 4 rings (SSSR count). The van der Waals surface area contributed by atoms with E-state index in [0.29, 0.717) is 11.9 Å². The predicted octanol–water partition coefficient (Wildman–Crippen LogP) is 3.33. The zero-order valence-corrected chi connectivity index (χ0v) is 18.9. The summed E-state index contributed by atoms with van der Waals surface area (Å²) in [5.74, 6) is -0.603. The number of rotatable bonds is 6. The molecule has 8 nitrogen and oxygen atoms in total. The number of halogens is 5. The van der Waals surface area contributed by atoms with Crippen LogP contribution in [0.5, 0.6) is 0 Å². The van der Waals surface area contributed by atoms with Crippen LogP contribution in [0.15, 0.2) is 53.9 Å². The fourth-order valence-corrected chi connectivity index (χ4v) is 5.50. The van der Waals surface area contributed by atoms with E-state index in [9.17, 15) is 30.4 Å². The molecule has 35 heavy (non-hydrogen) atoms. The van der Waals surface area contributed by atoms with Crippen molar-refractivity contribution in [3.8, 4) is 11.4 Å². The lowest BCUT2D eigenvalue weighted by Crippen LogP contribution is -2.47. The van der Waals surface area contributed by atoms with Crippen LogP contribution in [0.4, 0.5) is 22.0 Å². The van der Waals surface area contributed by atoms with Crippen molar-refractivity contribution in [1.82, 2.24) is 29.6 Å². The smallest absolute Gasteiger partial charge is 0.295 e. The third kappa shape index (κ3) is 5.28. The lowest BCUT2D eigenvalue weighted by molar-refractivity contribution is -0.141. The van der Waals surface area contributed by atoms with E-state index in [1.54, 1.807) is 0 Å². The van der Waals surface area contributed by atoms with Gasteiger partial charge in [-0.25, -0.2) is 32.2 Å². The normalized spacial score (nSPS) is 21.4. The first-order valence-electron chi connectivity index (χ1n) is 10.3. The van der Waals surface area contributed by atoms with E-state index in [0.717, 1.165) is 34.8 Å². The van der Waals surface area contributed by atoms with Crippen molar-refractivity contribution >= 4 is 10.0 Å². The first kappa shape index (κ1) is 25.0. The van der Waals surface area contributed by atoms with Gasteiger partial charge >= 0.3 is 6.18 Å². The van der Waals surface area contributed by atoms with Crippen molar-refractivity contribution in [2.45, 2.75) is 49.3 Å². The molecule has 3 aromatic rings. The van der Waals surface area contributed by atoms with Crippen molar-refractivity contribution in [1.29, 1.82) is 0 Å². The van der Waals surface area contributed by atoms with Crippen LogP contribution >= 0.6 is 0 Å². The third-order valence-electron chi connectivity index (χ3n) is 5.52. The van der Waals surface area contributed by atoms with Crippen LogP contribution in [-0.2, 0) is 22.7 Å². The fourth-order valence-electron chi connectivity index (χ4n) is 3.71. The molecule has 14 heteroatoms. The van der Waals surface area contributed by atoms with Crippen LogP contribution in [-0.4, -0.2) is 51.0 Å². The van der Waals surface area contributed by atoms with Crippen molar-refractivity contribution in [2.75, 3.05) is 0 Å². The molecule has 1 fully saturated rings. The second-order valence-electron chi connectivity index (χ2n) is 7.86. The summed E-state index contributed by atoms with van der Waals surface area (Å²) in [5.41, 5.74) is -0.487. The van der Waals surface area contributed by atoms with Crippen LogP contribution < -0.4 is 5.32 Å². The van der Waals surface area contributed by atoms with Gasteiger partial charge in [-0.15, -0.1) is 0 Å². The molecule has 1 aliphatic heterocycles. The molecule has 0 aliphatic carbocycles. The summed E-state index contributed by atoms with van der Waals surface area (Å²) < 4.78 is 93.2. The van der Waals surface area contributed by atoms with E-state index in [1.165, 1.54) is 19.3 Å². The predicted molar refractivity (Wildman–Crippen MR) is 113 cm³/mol. The van der Waals surface area contributed by atoms with Crippen LogP contribution in [0.1, 0.15) is 24.7 Å². The van der Waals surface area contributed by atoms with Crippen molar-refractivity contribution in [3.05, 3.63) is 66.3 Å². The summed E-state index contributed by atoms with van der Waals surface area (Å²) in [4.78, 5) is 15.0. The zero-order chi connectivity index (χ0) is 25.4. The summed E-state index contributed by atoms with van der Waals surface area (Å²) in [6, 6.07) is 4.73. The maximum absolute atomic E-state index is 14.5. The Labute approximate surface area is 197 Å². The van der Waals surface area contributed by atoms with Crippen molar-refractivity contribution < 1.29 is 30.4 Å². The van der Waals surface area contributed by atoms with Gasteiger partial charge < -0.3 is 0 Å². The van der Waals surface area contributed by atoms with Gasteiger partial charge in [-0.1, -0.05) is 0 Å². The minimum Gasteiger partial charge on any atom is -0.295 e. The Hall–Kier alpha value is -3.10. The van der Waals surface area contributed by atoms with Crippen molar-refractivity contribution in [2.24, 2.45) is 0 Å². The molecule has 2 aromatic heterocycles. The largest absolute Gasteiger partial charge is 0.434 e. The Balaban J connectivity index is 1.52. The topological polar surface area (TPSA) is 101 Å². The van der Waals surface area contributed by atoms with E-state index in [-0.39, 0.29) is 29.2 Å². The summed E-state index contributed by atoms with van der Waals surface area (Å²) in [7, 11) is -4.14. The molecule has 0 spiro atoms. The third-order valence-corrected chi connectivity index (χ3v) is 7.53. The van der Waals surface area contributed by atoms with Gasteiger partial charge in [-0.05, 0) is 37.3 Å². The van der Waals surface area contributed by atoms with E-state index in [2.05, 4.69) is 25.3 Å². The summed E-state index contributed by atoms with van der Waals surface area (Å²) in [6.45, 7) is 1.45. The summed E-state index contributed by atoms with van der Waals surface area (Å²) in [6.07, 6.45) is -4.40. The highest BCUT2D eigenvalue weighted by atomic mass is 32.2. The molecule has 3 atom stereocenters. The van der Waals surface area contributed by atoms with Crippen LogP contribution in [0.2, 0.25) is 0 Å². The van der Waals surface area contributed by atoms with Crippen LogP contribution in [0.25, 0.3) is 11.4 Å². The van der Waals surface area contributed by atoms with Gasteiger partial charge in [0, 0.05) is 13.0 Å². The second-order valence-corrected chi connectivity index (χ2v) is 9.70. The fraction of sp³-hybridized carbons (Fsp3) is 0.333. The molecule has 1 aromatic carbocycles. The second kappa shape index (κ2) is 9.51. The highest BCUT2D eigenvalue weighted by Crippen LogP contribution is 2.32. The molecule has 1 unspecified atom stereocenters. The number of hydrogen-bond acceptors (Lipinski definition) is 7. The average molecular weight is 514 g/mol. The molecule has 186 valence electrons. The van der Waals surface area contributed by atoms with Gasteiger partial charge in [0.05, 0.1) is 40.9 Å². The lowest BCUT2D eigenvalue weighted by atomic mass is 10.2. The van der Waals surface area contributed by atoms with E-state index in [1.807, 2.05) is 0 Å². The molecular weight excluding hydrogens is 495 g/mol. The number of benzene rings is 1. The summed E-state index contributed by atoms with van der Waals surface area (Å²) in [5, 5.41) is 2.96. The zero-order valence-electron chi connectivity index (χ0n) is 18.1. The van der Waals surface area contributed by atoms with Gasteiger partial charge in [-0.2, -0.15) is 17.5 Å². The van der Waals surface area contributed by atoms with Gasteiger partial charge in [0.2, 0.25) is 10.0 Å². The first-order chi connectivity index (χ1) is 16.5. The minimum absolute atomic E-state index is 0.00310. The van der Waals surface area contributed by atoms with E-state index >= 15 is 0 Å². The number of hydrogen-bond donors (Lipinski definition) is 1. The number of nitrogens with one attached hydrogen (secondary N) is 1. The molecule has 3 heterocycles. The number of nitrogens with zero attached hydrogens (tertiary/aromatic N) is 5. The van der Waals surface area contributed by atoms with E-state index in [4.69, 9.17) is 0 Å². The maximum atomic E-state index is 14.5. The highest BCUT2D eigenvalue weighted by molar-refractivity contribution is 7.89. The Morgan fingerprint density at radius 3 is 2.40 bits per heavy atom. The summed E-state index contributed by atoms with van der Waals surface area (Å²) >= 11 is 0. The van der Waals surface area contributed by atoms with Crippen molar-refractivity contribution in [3.63, 3.8) is 0 Å². The Morgan fingerprint density at radius 1 is 1.06 bits per heavy atom. The minimum atomic E-state index is -4.63. The monoisotopic (exact) mass is 514 g/mol. The molecule has 0 saturated carbocycles. The van der Waals surface area contributed by atoms with E-state index < -0.39 is 46.1 Å². The highest BCUT2D eigenvalue weighted by Gasteiger charge is 2.46. The van der Waals surface area contributed by atoms with Gasteiger partial charge in [-0.3, -0.25) is 10.3 Å². The average Bonchev–Trinajstić information content (AvgIpc) is 3.11. The number of aromatic nitrogens is 4. The van der Waals surface area contributed by atoms with Crippen LogP contribution in [0.3, 0.4) is 0 Å². The van der Waals surface area contributed by atoms with Gasteiger partial charge in [0.25, 0.3) is 0 Å². The Bertz CT molecular complexity index is 1290. The quantitative estimate of drug-likeness (QED) is 0.504. The molecule has 1 aliphatic rings. The Kier molecular flexibility index (Phi) is 6.79. The number of sulfonamides is 1. The molecule has 0 radical (unpaired) electrons. The SMILES string of the molecule is C[C@H]1[C@H](F)CC(NCc2cc(-c3cnc(C(F)(F)F)cn3)ncn2)N1S(=O)(=O)c1ccc(F)cc1. The standard InChI is InChI=1S/C21H19F5N6O2S/c1-12-16(23)7-20(32(12)35(33,34)15-4-2-13(22)3-5-15)29-8-14-6-17(31-11-30-14)18-9-28-19(10-27-18)21(24,25)26/h2-6,9-12,16,20,29H,7-8H2,1H3/t12-,16+,20?/m0/s1. The lowest BCUT2D eigenvalue weighted by Gasteiger charge is -2.28. The molecule has 1 saturated heterocycles. The molecule has 1 N–H and O–H groups in total. The van der Waals surface area contributed by atoms with Gasteiger partial charge in [0.1, 0.15) is 24.0 Å². The Morgan fingerprint density at radius 2 is 1.77 bits per heavy atom. The molecule has 0 bridgehead atoms. The molecule has 0 amide bonds. The maximum Gasteiger partial charge on any atom is 0.434 e. The first-order valence-corrected chi connectivity index (χ1v) is 11.8. The van der Waals surface area contributed by atoms with Crippen LogP contribution in [0, 0.1) is 5.82 Å². The molecular formula is C21H19F5N6O2S. The van der Waals surface area contributed by atoms with Gasteiger partial charge in [0.15, 0.2) is 5.69 Å².